The second kappa shape index (κ2) is 13.1. The van der Waals surface area contributed by atoms with Crippen LogP contribution >= 0.6 is 11.8 Å². The van der Waals surface area contributed by atoms with Gasteiger partial charge in [-0.05, 0) is 67.9 Å². The van der Waals surface area contributed by atoms with Gasteiger partial charge in [-0.1, -0.05) is 40.0 Å². The van der Waals surface area contributed by atoms with E-state index < -0.39 is 24.2 Å². The number of hydrogen-bond donors (Lipinski definition) is 5. The SMILES string of the molecule is CCSCC(=O)N[C@@H](CCCNC(=N)N[N+](=O)[O-])C(=O)N[C@@H](CC(C)C)B1O[C@@H]2C[C@@H]3C[C@@H](C3(C)C)[C@]2(C)O1. The van der Waals surface area contributed by atoms with Gasteiger partial charge in [0.1, 0.15) is 6.04 Å². The average Bonchev–Trinajstić information content (AvgIpc) is 3.20. The molecule has 220 valence electrons. The Hall–Kier alpha value is -2.06. The first-order valence-electron chi connectivity index (χ1n) is 14.0. The summed E-state index contributed by atoms with van der Waals surface area (Å²) in [6, 6.07) is -0.796. The fourth-order valence-corrected chi connectivity index (χ4v) is 6.92. The summed E-state index contributed by atoms with van der Waals surface area (Å²) in [5, 5.41) is 25.7. The Kier molecular flexibility index (Phi) is 10.5. The van der Waals surface area contributed by atoms with Gasteiger partial charge in [-0.2, -0.15) is 11.8 Å². The van der Waals surface area contributed by atoms with Crippen molar-refractivity contribution in [2.75, 3.05) is 18.1 Å². The minimum atomic E-state index is -0.819. The molecule has 4 rings (SSSR count). The molecule has 1 heterocycles. The third kappa shape index (κ3) is 7.57. The summed E-state index contributed by atoms with van der Waals surface area (Å²) in [4.78, 5) is 36.5. The molecule has 1 saturated heterocycles. The molecule has 0 unspecified atom stereocenters. The zero-order chi connectivity index (χ0) is 29.0. The van der Waals surface area contributed by atoms with Crippen molar-refractivity contribution in [3.63, 3.8) is 0 Å². The van der Waals surface area contributed by atoms with Crippen LogP contribution in [0.5, 0.6) is 0 Å². The Balaban J connectivity index is 1.65. The Bertz CT molecular complexity index is 925. The predicted molar refractivity (Wildman–Crippen MR) is 152 cm³/mol. The predicted octanol–water partition coefficient (Wildman–Crippen LogP) is 2.11. The van der Waals surface area contributed by atoms with Gasteiger partial charge in [0.2, 0.25) is 11.8 Å². The molecule has 5 N–H and O–H groups in total. The molecule has 0 aromatic carbocycles. The van der Waals surface area contributed by atoms with Crippen LogP contribution < -0.4 is 21.4 Å². The topological polar surface area (TPSA) is 168 Å². The van der Waals surface area contributed by atoms with Crippen LogP contribution in [0.2, 0.25) is 0 Å². The lowest BCUT2D eigenvalue weighted by Gasteiger charge is -2.64. The molecular formula is C25H45BN6O6S. The first-order chi connectivity index (χ1) is 18.3. The summed E-state index contributed by atoms with van der Waals surface area (Å²) in [5.41, 5.74) is 1.56. The van der Waals surface area contributed by atoms with Crippen molar-refractivity contribution in [1.82, 2.24) is 21.4 Å². The van der Waals surface area contributed by atoms with Gasteiger partial charge < -0.3 is 25.3 Å². The minimum Gasteiger partial charge on any atom is -0.404 e. The van der Waals surface area contributed by atoms with E-state index in [1.807, 2.05) is 6.92 Å². The maximum absolute atomic E-state index is 13.5. The highest BCUT2D eigenvalue weighted by Crippen LogP contribution is 2.65. The molecule has 39 heavy (non-hydrogen) atoms. The van der Waals surface area contributed by atoms with E-state index in [1.165, 1.54) is 11.8 Å². The first kappa shape index (κ1) is 31.5. The Morgan fingerprint density at radius 3 is 2.56 bits per heavy atom. The Morgan fingerprint density at radius 1 is 1.23 bits per heavy atom. The van der Waals surface area contributed by atoms with E-state index in [4.69, 9.17) is 14.7 Å². The fourth-order valence-electron chi connectivity index (χ4n) is 6.45. The smallest absolute Gasteiger partial charge is 0.404 e. The van der Waals surface area contributed by atoms with Gasteiger partial charge in [0, 0.05) is 6.54 Å². The number of thioether (sulfide) groups is 1. The van der Waals surface area contributed by atoms with Gasteiger partial charge in [0.05, 0.1) is 23.4 Å². The van der Waals surface area contributed by atoms with E-state index in [9.17, 15) is 19.7 Å². The second-order valence-corrected chi connectivity index (χ2v) is 13.4. The van der Waals surface area contributed by atoms with E-state index in [0.717, 1.165) is 18.6 Å². The van der Waals surface area contributed by atoms with Crippen LogP contribution in [0.3, 0.4) is 0 Å². The monoisotopic (exact) mass is 568 g/mol. The van der Waals surface area contributed by atoms with E-state index in [0.29, 0.717) is 31.1 Å². The lowest BCUT2D eigenvalue weighted by molar-refractivity contribution is -0.525. The van der Waals surface area contributed by atoms with Crippen molar-refractivity contribution < 1.29 is 23.9 Å². The van der Waals surface area contributed by atoms with Crippen LogP contribution in [0.1, 0.15) is 73.6 Å². The fraction of sp³-hybridized carbons (Fsp3) is 0.880. The van der Waals surface area contributed by atoms with Crippen molar-refractivity contribution in [2.45, 2.75) is 97.3 Å². The van der Waals surface area contributed by atoms with Crippen molar-refractivity contribution in [3.8, 4) is 0 Å². The summed E-state index contributed by atoms with van der Waals surface area (Å²) < 4.78 is 13.1. The second-order valence-electron chi connectivity index (χ2n) is 12.2. The number of rotatable bonds is 14. The molecule has 0 aromatic rings. The van der Waals surface area contributed by atoms with Crippen LogP contribution in [0.4, 0.5) is 0 Å². The average molecular weight is 569 g/mol. The van der Waals surface area contributed by atoms with Crippen molar-refractivity contribution >= 4 is 36.7 Å². The van der Waals surface area contributed by atoms with E-state index in [-0.39, 0.29) is 53.1 Å². The van der Waals surface area contributed by atoms with Crippen molar-refractivity contribution in [2.24, 2.45) is 23.2 Å². The molecule has 14 heteroatoms. The maximum Gasteiger partial charge on any atom is 0.481 e. The van der Waals surface area contributed by atoms with Gasteiger partial charge in [-0.15, -0.1) is 0 Å². The molecule has 0 spiro atoms. The van der Waals surface area contributed by atoms with Crippen LogP contribution in [-0.4, -0.2) is 71.7 Å². The molecule has 6 atom stereocenters. The largest absolute Gasteiger partial charge is 0.481 e. The quantitative estimate of drug-likeness (QED) is 0.0526. The van der Waals surface area contributed by atoms with Gasteiger partial charge in [-0.3, -0.25) is 15.0 Å². The molecular weight excluding hydrogens is 523 g/mol. The number of carbonyl (C=O) groups excluding carboxylic acids is 2. The van der Waals surface area contributed by atoms with E-state index in [2.05, 4.69) is 50.6 Å². The zero-order valence-electron chi connectivity index (χ0n) is 24.0. The van der Waals surface area contributed by atoms with Crippen molar-refractivity contribution in [1.29, 1.82) is 5.41 Å². The minimum absolute atomic E-state index is 0.00146. The molecule has 1 aliphatic heterocycles. The highest BCUT2D eigenvalue weighted by Gasteiger charge is 2.68. The number of nitro groups is 1. The maximum atomic E-state index is 13.5. The number of nitrogens with one attached hydrogen (secondary N) is 5. The molecule has 4 aliphatic rings. The zero-order valence-corrected chi connectivity index (χ0v) is 24.8. The number of carbonyl (C=O) groups is 2. The van der Waals surface area contributed by atoms with E-state index >= 15 is 0 Å². The molecule has 12 nitrogen and oxygen atoms in total. The number of hydrazine groups is 1. The molecule has 4 fully saturated rings. The van der Waals surface area contributed by atoms with Crippen LogP contribution in [0.25, 0.3) is 0 Å². The molecule has 3 saturated carbocycles. The van der Waals surface area contributed by atoms with Crippen LogP contribution in [-0.2, 0) is 18.9 Å². The molecule has 2 amide bonds. The first-order valence-corrected chi connectivity index (χ1v) is 15.2. The Labute approximate surface area is 236 Å². The standard InChI is InChI=1S/C25H45BN6O6S/c1-7-39-14-21(33)29-17(9-8-10-28-23(27)31-32(35)36)22(34)30-20(11-15(2)3)26-37-19-13-16-12-18(24(16,4)5)25(19,6)38-26/h15-20H,7-14H2,1-6H3,(H,29,33)(H,30,34)(H3,27,28,31)/t16-,17-,18-,19+,20-,25-/m0/s1. The lowest BCUT2D eigenvalue weighted by atomic mass is 9.43. The highest BCUT2D eigenvalue weighted by atomic mass is 32.2. The normalized spacial score (nSPS) is 28.1. The van der Waals surface area contributed by atoms with Crippen LogP contribution in [0.15, 0.2) is 0 Å². The van der Waals surface area contributed by atoms with Gasteiger partial charge in [0.15, 0.2) is 5.03 Å². The summed E-state index contributed by atoms with van der Waals surface area (Å²) in [6.07, 6.45) is 3.47. The van der Waals surface area contributed by atoms with Crippen LogP contribution in [0, 0.1) is 38.7 Å². The third-order valence-corrected chi connectivity index (χ3v) is 9.49. The Morgan fingerprint density at radius 2 is 1.95 bits per heavy atom. The third-order valence-electron chi connectivity index (χ3n) is 8.61. The number of nitrogens with zero attached hydrogens (tertiary/aromatic N) is 1. The van der Waals surface area contributed by atoms with Crippen molar-refractivity contribution in [3.05, 3.63) is 10.1 Å². The highest BCUT2D eigenvalue weighted by molar-refractivity contribution is 7.99. The molecule has 0 radical (unpaired) electrons. The van der Waals surface area contributed by atoms with Gasteiger partial charge in [0.25, 0.3) is 5.96 Å². The molecule has 3 aliphatic carbocycles. The summed E-state index contributed by atoms with van der Waals surface area (Å²) in [7, 11) is -0.566. The lowest BCUT2D eigenvalue weighted by Crippen LogP contribution is -2.65. The van der Waals surface area contributed by atoms with E-state index in [1.54, 1.807) is 5.43 Å². The summed E-state index contributed by atoms with van der Waals surface area (Å²) in [5.74, 6) is 0.988. The summed E-state index contributed by atoms with van der Waals surface area (Å²) >= 11 is 1.47. The summed E-state index contributed by atoms with van der Waals surface area (Å²) in [6.45, 7) is 13.1. The molecule has 0 aromatic heterocycles. The van der Waals surface area contributed by atoms with Gasteiger partial charge in [-0.25, -0.2) is 10.1 Å². The molecule has 2 bridgehead atoms. The number of amides is 2. The number of guanidine groups is 1. The van der Waals surface area contributed by atoms with Gasteiger partial charge >= 0.3 is 7.12 Å². The number of hydrogen-bond acceptors (Lipinski definition) is 8.